The van der Waals surface area contributed by atoms with E-state index in [0.717, 1.165) is 25.1 Å². The van der Waals surface area contributed by atoms with Crippen molar-refractivity contribution in [1.82, 2.24) is 9.80 Å². The topological polar surface area (TPSA) is 51.2 Å². The molecule has 1 aromatic rings. The first-order chi connectivity index (χ1) is 13.5. The summed E-state index contributed by atoms with van der Waals surface area (Å²) in [4.78, 5) is 16.3. The third kappa shape index (κ3) is 4.85. The lowest BCUT2D eigenvalue weighted by Gasteiger charge is -2.39. The molecule has 2 aliphatic heterocycles. The number of hydrogen-bond donors (Lipinski definition) is 0. The van der Waals surface area contributed by atoms with E-state index in [1.807, 2.05) is 6.92 Å². The van der Waals surface area contributed by atoms with Crippen LogP contribution in [-0.4, -0.2) is 59.9 Å². The van der Waals surface area contributed by atoms with Gasteiger partial charge < -0.3 is 18.9 Å². The van der Waals surface area contributed by atoms with Gasteiger partial charge in [0.15, 0.2) is 0 Å². The normalized spacial score (nSPS) is 23.9. The van der Waals surface area contributed by atoms with Crippen molar-refractivity contribution < 1.29 is 18.8 Å². The highest BCUT2D eigenvalue weighted by molar-refractivity contribution is 6.62. The molecule has 158 valence electrons. The number of rotatable bonds is 4. The van der Waals surface area contributed by atoms with Crippen LogP contribution in [0.25, 0.3) is 0 Å². The van der Waals surface area contributed by atoms with Crippen molar-refractivity contribution in [3.05, 3.63) is 42.2 Å². The molecule has 1 aromatic carbocycles. The molecule has 0 aliphatic carbocycles. The van der Waals surface area contributed by atoms with Crippen LogP contribution in [-0.2, 0) is 20.6 Å². The van der Waals surface area contributed by atoms with E-state index in [2.05, 4.69) is 63.4 Å². The summed E-state index contributed by atoms with van der Waals surface area (Å²) < 4.78 is 17.5. The smallest absolute Gasteiger partial charge is 0.416 e. The van der Waals surface area contributed by atoms with Crippen LogP contribution in [0.3, 0.4) is 0 Å². The van der Waals surface area contributed by atoms with Crippen LogP contribution in [0.15, 0.2) is 36.6 Å². The number of nitrogens with zero attached hydrogens (tertiary/aromatic N) is 2. The summed E-state index contributed by atoms with van der Waals surface area (Å²) in [7, 11) is -0.354. The maximum Gasteiger partial charge on any atom is 0.494 e. The molecule has 0 aromatic heterocycles. The number of amides is 1. The Labute approximate surface area is 174 Å². The lowest BCUT2D eigenvalue weighted by Crippen LogP contribution is -2.53. The van der Waals surface area contributed by atoms with Crippen molar-refractivity contribution in [2.75, 3.05) is 19.6 Å². The fourth-order valence-corrected chi connectivity index (χ4v) is 3.73. The third-order valence-electron chi connectivity index (χ3n) is 6.09. The number of carbonyl (C=O) groups excluding carboxylic acids is 1. The number of benzene rings is 1. The van der Waals surface area contributed by atoms with Crippen molar-refractivity contribution >= 4 is 18.7 Å². The molecule has 0 unspecified atom stereocenters. The molecule has 2 saturated heterocycles. The maximum atomic E-state index is 12.2. The van der Waals surface area contributed by atoms with Gasteiger partial charge in [0, 0.05) is 32.2 Å². The van der Waals surface area contributed by atoms with E-state index in [1.165, 1.54) is 5.56 Å². The average molecular weight is 400 g/mol. The predicted molar refractivity (Wildman–Crippen MR) is 115 cm³/mol. The molecule has 6 nitrogen and oxygen atoms in total. The van der Waals surface area contributed by atoms with E-state index in [0.29, 0.717) is 12.3 Å². The summed E-state index contributed by atoms with van der Waals surface area (Å²) in [6.45, 7) is 18.7. The van der Waals surface area contributed by atoms with E-state index < -0.39 is 0 Å². The standard InChI is InChI=1S/C22H33BN2O4/c1-16(2)27-20(26)25-12-11-24(14-17(25)3)15-18-9-8-10-19(13-18)23-28-21(4,5)22(6,7)29-23/h8-10,13,17H,1,11-12,14-15H2,2-7H3/t17-/m0/s1. The molecular weight excluding hydrogens is 367 g/mol. The molecule has 2 heterocycles. The first kappa shape index (κ1) is 21.9. The molecule has 7 heteroatoms. The molecule has 1 amide bonds. The van der Waals surface area contributed by atoms with Crippen LogP contribution in [0.1, 0.15) is 47.1 Å². The Morgan fingerprint density at radius 2 is 1.90 bits per heavy atom. The van der Waals surface area contributed by atoms with Crippen LogP contribution < -0.4 is 5.46 Å². The summed E-state index contributed by atoms with van der Waals surface area (Å²) in [6, 6.07) is 8.48. The van der Waals surface area contributed by atoms with Gasteiger partial charge in [-0.25, -0.2) is 4.79 Å². The van der Waals surface area contributed by atoms with Gasteiger partial charge in [0.05, 0.1) is 17.0 Å². The van der Waals surface area contributed by atoms with E-state index in [9.17, 15) is 4.79 Å². The number of carbonyl (C=O) groups is 1. The first-order valence-electron chi connectivity index (χ1n) is 10.3. The highest BCUT2D eigenvalue weighted by atomic mass is 16.7. The molecule has 0 spiro atoms. The second-order valence-corrected chi connectivity index (χ2v) is 9.18. The van der Waals surface area contributed by atoms with Gasteiger partial charge in [-0.15, -0.1) is 0 Å². The van der Waals surface area contributed by atoms with Crippen LogP contribution in [0.4, 0.5) is 4.79 Å². The largest absolute Gasteiger partial charge is 0.494 e. The molecular formula is C22H33BN2O4. The third-order valence-corrected chi connectivity index (χ3v) is 6.09. The van der Waals surface area contributed by atoms with Gasteiger partial charge in [-0.05, 0) is 52.6 Å². The fraction of sp³-hybridized carbons (Fsp3) is 0.591. The Morgan fingerprint density at radius 3 is 2.48 bits per heavy atom. The molecule has 2 aliphatic rings. The zero-order valence-electron chi connectivity index (χ0n) is 18.5. The SMILES string of the molecule is C=C(C)OC(=O)N1CCN(Cc2cccc(B3OC(C)(C)C(C)(C)O3)c2)C[C@@H]1C. The van der Waals surface area contributed by atoms with Crippen molar-refractivity contribution in [1.29, 1.82) is 0 Å². The Balaban J connectivity index is 1.62. The molecule has 1 atom stereocenters. The van der Waals surface area contributed by atoms with Crippen molar-refractivity contribution in [3.8, 4) is 0 Å². The summed E-state index contributed by atoms with van der Waals surface area (Å²) >= 11 is 0. The van der Waals surface area contributed by atoms with E-state index >= 15 is 0 Å². The highest BCUT2D eigenvalue weighted by Gasteiger charge is 2.51. The molecule has 0 radical (unpaired) electrons. The lowest BCUT2D eigenvalue weighted by atomic mass is 9.78. The van der Waals surface area contributed by atoms with E-state index in [1.54, 1.807) is 11.8 Å². The Kier molecular flexibility index (Phi) is 6.13. The fourth-order valence-electron chi connectivity index (χ4n) is 3.73. The molecule has 0 N–H and O–H groups in total. The molecule has 3 rings (SSSR count). The van der Waals surface area contributed by atoms with Gasteiger partial charge in [-0.1, -0.05) is 30.8 Å². The number of allylic oxidation sites excluding steroid dienone is 1. The Bertz CT molecular complexity index is 764. The zero-order chi connectivity index (χ0) is 21.4. The van der Waals surface area contributed by atoms with Gasteiger partial charge in [0.1, 0.15) is 0 Å². The monoisotopic (exact) mass is 400 g/mol. The summed E-state index contributed by atoms with van der Waals surface area (Å²) in [5, 5.41) is 0. The molecule has 0 saturated carbocycles. The molecule has 0 bridgehead atoms. The predicted octanol–water partition coefficient (Wildman–Crippen LogP) is 3.16. The Hall–Kier alpha value is -1.83. The van der Waals surface area contributed by atoms with Crippen LogP contribution in [0, 0.1) is 0 Å². The first-order valence-corrected chi connectivity index (χ1v) is 10.3. The number of piperazine rings is 1. The zero-order valence-corrected chi connectivity index (χ0v) is 18.5. The van der Waals surface area contributed by atoms with E-state index in [-0.39, 0.29) is 30.5 Å². The highest BCUT2D eigenvalue weighted by Crippen LogP contribution is 2.36. The summed E-state index contributed by atoms with van der Waals surface area (Å²) in [5.41, 5.74) is 1.55. The minimum absolute atomic E-state index is 0.0851. The second-order valence-electron chi connectivity index (χ2n) is 9.18. The van der Waals surface area contributed by atoms with Gasteiger partial charge in [0.2, 0.25) is 0 Å². The lowest BCUT2D eigenvalue weighted by molar-refractivity contribution is 0.00578. The minimum Gasteiger partial charge on any atom is -0.416 e. The molecule has 29 heavy (non-hydrogen) atoms. The van der Waals surface area contributed by atoms with Crippen LogP contribution in [0.5, 0.6) is 0 Å². The quantitative estimate of drug-likeness (QED) is 0.574. The van der Waals surface area contributed by atoms with Crippen LogP contribution >= 0.6 is 0 Å². The van der Waals surface area contributed by atoms with Gasteiger partial charge in [-0.2, -0.15) is 0 Å². The van der Waals surface area contributed by atoms with Gasteiger partial charge in [-0.3, -0.25) is 4.90 Å². The summed E-state index contributed by atoms with van der Waals surface area (Å²) in [6.07, 6.45) is -0.313. The molecule has 2 fully saturated rings. The number of ether oxygens (including phenoxy) is 1. The van der Waals surface area contributed by atoms with Crippen molar-refractivity contribution in [2.24, 2.45) is 0 Å². The van der Waals surface area contributed by atoms with E-state index in [4.69, 9.17) is 14.0 Å². The van der Waals surface area contributed by atoms with Crippen LogP contribution in [0.2, 0.25) is 0 Å². The Morgan fingerprint density at radius 1 is 1.24 bits per heavy atom. The van der Waals surface area contributed by atoms with Crippen molar-refractivity contribution in [2.45, 2.75) is 65.3 Å². The summed E-state index contributed by atoms with van der Waals surface area (Å²) in [5.74, 6) is 0.421. The second kappa shape index (κ2) is 8.13. The maximum absolute atomic E-state index is 12.2. The van der Waals surface area contributed by atoms with Gasteiger partial charge >= 0.3 is 13.2 Å². The minimum atomic E-state index is -0.354. The number of hydrogen-bond acceptors (Lipinski definition) is 5. The van der Waals surface area contributed by atoms with Gasteiger partial charge in [0.25, 0.3) is 0 Å². The van der Waals surface area contributed by atoms with Crippen molar-refractivity contribution in [3.63, 3.8) is 0 Å². The average Bonchev–Trinajstić information content (AvgIpc) is 2.82.